The van der Waals surface area contributed by atoms with Gasteiger partial charge in [-0.1, -0.05) is 19.1 Å². The second-order valence-corrected chi connectivity index (χ2v) is 5.86. The molecule has 1 aliphatic heterocycles. The molecule has 0 N–H and O–H groups in total. The summed E-state index contributed by atoms with van der Waals surface area (Å²) in [5, 5.41) is 0. The van der Waals surface area contributed by atoms with Crippen molar-refractivity contribution in [3.8, 4) is 0 Å². The Hall–Kier alpha value is -1.13. The zero-order valence-electron chi connectivity index (χ0n) is 12.4. The summed E-state index contributed by atoms with van der Waals surface area (Å²) in [4.78, 5) is 6.90. The van der Waals surface area contributed by atoms with E-state index in [4.69, 9.17) is 9.15 Å². The molecule has 0 aromatic carbocycles. The Labute approximate surface area is 120 Å². The zero-order chi connectivity index (χ0) is 13.9. The smallest absolute Gasteiger partial charge is 0.181 e. The topological polar surface area (TPSA) is 38.5 Å². The fraction of sp³-hybridized carbons (Fsp3) is 0.688. The number of fused-ring (bicyclic) bond motifs is 1. The summed E-state index contributed by atoms with van der Waals surface area (Å²) in [7, 11) is 1.81. The van der Waals surface area contributed by atoms with E-state index in [0.29, 0.717) is 6.04 Å². The number of ether oxygens (including phenoxy) is 1. The Kier molecular flexibility index (Phi) is 4.22. The predicted molar refractivity (Wildman–Crippen MR) is 77.5 cm³/mol. The summed E-state index contributed by atoms with van der Waals surface area (Å²) >= 11 is 0. The quantitative estimate of drug-likeness (QED) is 0.778. The molecule has 2 heterocycles. The van der Waals surface area contributed by atoms with Gasteiger partial charge in [0.15, 0.2) is 6.39 Å². The van der Waals surface area contributed by atoms with Crippen molar-refractivity contribution in [3.63, 3.8) is 0 Å². The van der Waals surface area contributed by atoms with Crippen molar-refractivity contribution in [1.82, 2.24) is 9.88 Å². The molecule has 0 bridgehead atoms. The van der Waals surface area contributed by atoms with Crippen LogP contribution in [0.25, 0.3) is 0 Å². The fourth-order valence-electron chi connectivity index (χ4n) is 3.61. The van der Waals surface area contributed by atoms with Crippen LogP contribution in [0.15, 0.2) is 23.0 Å². The lowest BCUT2D eigenvalue weighted by molar-refractivity contribution is -0.0693. The van der Waals surface area contributed by atoms with Crippen LogP contribution in [-0.4, -0.2) is 35.8 Å². The second kappa shape index (κ2) is 6.10. The molecule has 1 aromatic heterocycles. The third-order valence-electron chi connectivity index (χ3n) is 4.64. The molecule has 0 spiro atoms. The summed E-state index contributed by atoms with van der Waals surface area (Å²) in [5.74, 6) is 1.23. The number of allylic oxidation sites excluding steroid dienone is 1. The first kappa shape index (κ1) is 13.8. The highest BCUT2D eigenvalue weighted by Crippen LogP contribution is 2.33. The first-order chi connectivity index (χ1) is 9.81. The van der Waals surface area contributed by atoms with E-state index in [1.807, 2.05) is 7.11 Å². The van der Waals surface area contributed by atoms with Crippen molar-refractivity contribution >= 4 is 0 Å². The van der Waals surface area contributed by atoms with E-state index in [2.05, 4.69) is 29.0 Å². The molecule has 4 nitrogen and oxygen atoms in total. The van der Waals surface area contributed by atoms with Crippen molar-refractivity contribution in [1.29, 1.82) is 0 Å². The van der Waals surface area contributed by atoms with Gasteiger partial charge in [-0.25, -0.2) is 4.98 Å². The molecule has 110 valence electrons. The summed E-state index contributed by atoms with van der Waals surface area (Å²) in [6, 6.07) is 0.574. The van der Waals surface area contributed by atoms with E-state index in [1.165, 1.54) is 19.3 Å². The normalized spacial score (nSPS) is 31.6. The summed E-state index contributed by atoms with van der Waals surface area (Å²) < 4.78 is 11.4. The van der Waals surface area contributed by atoms with E-state index >= 15 is 0 Å². The molecule has 1 aliphatic carbocycles. The van der Waals surface area contributed by atoms with Crippen molar-refractivity contribution < 1.29 is 9.15 Å². The number of rotatable bonds is 2. The largest absolute Gasteiger partial charge is 0.448 e. The van der Waals surface area contributed by atoms with Crippen LogP contribution in [0.5, 0.6) is 0 Å². The van der Waals surface area contributed by atoms with Gasteiger partial charge >= 0.3 is 0 Å². The van der Waals surface area contributed by atoms with Gasteiger partial charge in [0, 0.05) is 26.1 Å². The number of methoxy groups -OCH3 is 1. The lowest BCUT2D eigenvalue weighted by Gasteiger charge is -2.37. The second-order valence-electron chi connectivity index (χ2n) is 5.86. The molecule has 0 fully saturated rings. The standard InChI is InChI=1S/C16H24N2O2/c1-12-15-14(17-11-20-15)9-10-18(16(12)19-2)13-7-5-3-4-6-8-13/h3,5,11-13,16H,4,6-10H2,1-2H3. The van der Waals surface area contributed by atoms with Crippen LogP contribution in [0, 0.1) is 0 Å². The number of hydrogen-bond acceptors (Lipinski definition) is 4. The fourth-order valence-corrected chi connectivity index (χ4v) is 3.61. The lowest BCUT2D eigenvalue weighted by atomic mass is 10.0. The molecule has 0 saturated heterocycles. The minimum Gasteiger partial charge on any atom is -0.448 e. The van der Waals surface area contributed by atoms with Gasteiger partial charge in [-0.15, -0.1) is 0 Å². The van der Waals surface area contributed by atoms with E-state index in [-0.39, 0.29) is 12.1 Å². The molecule has 0 amide bonds. The Morgan fingerprint density at radius 2 is 2.30 bits per heavy atom. The molecule has 2 aliphatic rings. The third-order valence-corrected chi connectivity index (χ3v) is 4.64. The average molecular weight is 276 g/mol. The van der Waals surface area contributed by atoms with Crippen LogP contribution in [0.3, 0.4) is 0 Å². The highest BCUT2D eigenvalue weighted by atomic mass is 16.5. The first-order valence-electron chi connectivity index (χ1n) is 7.67. The minimum atomic E-state index is 0.0840. The van der Waals surface area contributed by atoms with Crippen LogP contribution in [0.2, 0.25) is 0 Å². The van der Waals surface area contributed by atoms with Gasteiger partial charge in [-0.05, 0) is 25.7 Å². The molecule has 3 rings (SSSR count). The first-order valence-corrected chi connectivity index (χ1v) is 7.67. The summed E-state index contributed by atoms with van der Waals surface area (Å²) in [5.41, 5.74) is 1.10. The monoisotopic (exact) mass is 276 g/mol. The van der Waals surface area contributed by atoms with Crippen LogP contribution in [0.1, 0.15) is 50.0 Å². The van der Waals surface area contributed by atoms with E-state index in [0.717, 1.165) is 30.8 Å². The van der Waals surface area contributed by atoms with Gasteiger partial charge in [-0.3, -0.25) is 4.90 Å². The predicted octanol–water partition coefficient (Wildman–Crippen LogP) is 3.11. The zero-order valence-corrected chi connectivity index (χ0v) is 12.4. The maximum atomic E-state index is 5.83. The Morgan fingerprint density at radius 1 is 1.40 bits per heavy atom. The highest BCUT2D eigenvalue weighted by molar-refractivity contribution is 5.16. The average Bonchev–Trinajstić information content (AvgIpc) is 2.69. The maximum Gasteiger partial charge on any atom is 0.181 e. The van der Waals surface area contributed by atoms with E-state index < -0.39 is 0 Å². The number of oxazole rings is 1. The van der Waals surface area contributed by atoms with Crippen LogP contribution in [0.4, 0.5) is 0 Å². The molecule has 0 radical (unpaired) electrons. The molecule has 1 aromatic rings. The molecule has 4 heteroatoms. The molecule has 3 atom stereocenters. The van der Waals surface area contributed by atoms with Gasteiger partial charge in [0.1, 0.15) is 12.0 Å². The molecule has 0 saturated carbocycles. The van der Waals surface area contributed by atoms with Gasteiger partial charge in [0.25, 0.3) is 0 Å². The van der Waals surface area contributed by atoms with Crippen molar-refractivity contribution in [2.75, 3.05) is 13.7 Å². The maximum absolute atomic E-state index is 5.83. The van der Waals surface area contributed by atoms with Gasteiger partial charge in [-0.2, -0.15) is 0 Å². The van der Waals surface area contributed by atoms with Crippen LogP contribution >= 0.6 is 0 Å². The molecule has 3 unspecified atom stereocenters. The van der Waals surface area contributed by atoms with Crippen LogP contribution < -0.4 is 0 Å². The number of nitrogens with zero attached hydrogens (tertiary/aromatic N) is 2. The SMILES string of the molecule is COC1C(C)c2ocnc2CCN1C1CC=CCCC1. The Morgan fingerprint density at radius 3 is 3.15 bits per heavy atom. The van der Waals surface area contributed by atoms with Crippen LogP contribution in [-0.2, 0) is 11.2 Å². The van der Waals surface area contributed by atoms with Gasteiger partial charge in [0.05, 0.1) is 11.6 Å². The van der Waals surface area contributed by atoms with Gasteiger partial charge < -0.3 is 9.15 Å². The highest BCUT2D eigenvalue weighted by Gasteiger charge is 2.36. The number of aromatic nitrogens is 1. The minimum absolute atomic E-state index is 0.0840. The third kappa shape index (κ3) is 2.54. The lowest BCUT2D eigenvalue weighted by Crippen LogP contribution is -2.46. The molecular weight excluding hydrogens is 252 g/mol. The Balaban J connectivity index is 1.84. The van der Waals surface area contributed by atoms with Crippen molar-refractivity contribution in [2.24, 2.45) is 0 Å². The van der Waals surface area contributed by atoms with E-state index in [9.17, 15) is 0 Å². The summed E-state index contributed by atoms with van der Waals surface area (Å²) in [6.07, 6.45) is 12.1. The Bertz CT molecular complexity index is 469. The molecule has 20 heavy (non-hydrogen) atoms. The summed E-state index contributed by atoms with van der Waals surface area (Å²) in [6.45, 7) is 3.18. The van der Waals surface area contributed by atoms with E-state index in [1.54, 1.807) is 6.39 Å². The molecular formula is C16H24N2O2. The van der Waals surface area contributed by atoms with Gasteiger partial charge in [0.2, 0.25) is 0 Å². The number of hydrogen-bond donors (Lipinski definition) is 0. The van der Waals surface area contributed by atoms with Crippen molar-refractivity contribution in [3.05, 3.63) is 30.0 Å². The van der Waals surface area contributed by atoms with Crippen molar-refractivity contribution in [2.45, 2.75) is 57.2 Å².